The molecule has 1 aliphatic rings. The normalized spacial score (nSPS) is 17.0. The Morgan fingerprint density at radius 1 is 1.24 bits per heavy atom. The largest absolute Gasteiger partial charge is 0.364 e. The van der Waals surface area contributed by atoms with Gasteiger partial charge < -0.3 is 10.3 Å². The van der Waals surface area contributed by atoms with Crippen LogP contribution in [0.3, 0.4) is 0 Å². The highest BCUT2D eigenvalue weighted by molar-refractivity contribution is 5.93. The minimum atomic E-state index is -1.49. The molecule has 2 heterocycles. The fraction of sp³-hybridized carbons (Fsp3) is 0.267. The molecule has 0 fully saturated rings. The van der Waals surface area contributed by atoms with Gasteiger partial charge in [0.25, 0.3) is 5.91 Å². The van der Waals surface area contributed by atoms with Gasteiger partial charge in [-0.3, -0.25) is 4.79 Å². The average molecular weight is 294 g/mol. The van der Waals surface area contributed by atoms with Gasteiger partial charge in [-0.2, -0.15) is 0 Å². The monoisotopic (exact) mass is 294 g/mol. The molecular formula is C15H13F3N2O. The highest BCUT2D eigenvalue weighted by Gasteiger charge is 2.30. The van der Waals surface area contributed by atoms with E-state index in [1.807, 2.05) is 6.07 Å². The van der Waals surface area contributed by atoms with Crippen LogP contribution in [0.15, 0.2) is 18.2 Å². The zero-order valence-corrected chi connectivity index (χ0v) is 11.3. The molecule has 2 aromatic rings. The van der Waals surface area contributed by atoms with Crippen LogP contribution in [0.5, 0.6) is 0 Å². The van der Waals surface area contributed by atoms with E-state index in [4.69, 9.17) is 5.73 Å². The zero-order chi connectivity index (χ0) is 15.3. The molecule has 0 bridgehead atoms. The van der Waals surface area contributed by atoms with Crippen molar-refractivity contribution in [2.75, 3.05) is 0 Å². The lowest BCUT2D eigenvalue weighted by molar-refractivity contribution is 0.0990. The van der Waals surface area contributed by atoms with Crippen LogP contribution in [-0.4, -0.2) is 10.5 Å². The standard InChI is InChI=1S/C15H13F3N2O/c1-7-4-9-2-3-12(20(9)14(7)15(19)21)8-5-10(16)13(18)11(17)6-8/h4-6,12H,2-3H2,1H3,(H2,19,21). The number of aryl methyl sites for hydroxylation is 2. The van der Waals surface area contributed by atoms with Crippen molar-refractivity contribution in [3.05, 3.63) is 58.2 Å². The second-order valence-corrected chi connectivity index (χ2v) is 5.25. The number of halogens is 3. The van der Waals surface area contributed by atoms with E-state index in [1.54, 1.807) is 11.5 Å². The molecule has 1 aliphatic heterocycles. The average Bonchev–Trinajstić information content (AvgIpc) is 2.92. The molecule has 3 rings (SSSR count). The van der Waals surface area contributed by atoms with E-state index in [-0.39, 0.29) is 0 Å². The van der Waals surface area contributed by atoms with Crippen LogP contribution in [0.2, 0.25) is 0 Å². The molecule has 0 saturated carbocycles. The van der Waals surface area contributed by atoms with Crippen molar-refractivity contribution in [3.63, 3.8) is 0 Å². The predicted molar refractivity (Wildman–Crippen MR) is 70.5 cm³/mol. The fourth-order valence-electron chi connectivity index (χ4n) is 3.08. The summed E-state index contributed by atoms with van der Waals surface area (Å²) in [5.74, 6) is -4.55. The van der Waals surface area contributed by atoms with Crippen LogP contribution in [0.25, 0.3) is 0 Å². The highest BCUT2D eigenvalue weighted by atomic mass is 19.2. The number of hydrogen-bond acceptors (Lipinski definition) is 1. The minimum Gasteiger partial charge on any atom is -0.364 e. The second kappa shape index (κ2) is 4.65. The molecule has 0 saturated heterocycles. The Bertz CT molecular complexity index is 729. The van der Waals surface area contributed by atoms with Gasteiger partial charge in [0.15, 0.2) is 17.5 Å². The van der Waals surface area contributed by atoms with E-state index >= 15 is 0 Å². The van der Waals surface area contributed by atoms with Crippen molar-refractivity contribution in [2.45, 2.75) is 25.8 Å². The molecule has 21 heavy (non-hydrogen) atoms. The number of hydrogen-bond donors (Lipinski definition) is 1. The maximum atomic E-state index is 13.4. The summed E-state index contributed by atoms with van der Waals surface area (Å²) in [4.78, 5) is 11.6. The lowest BCUT2D eigenvalue weighted by Gasteiger charge is -2.17. The summed E-state index contributed by atoms with van der Waals surface area (Å²) in [6.45, 7) is 1.76. The molecular weight excluding hydrogens is 281 g/mol. The molecule has 0 radical (unpaired) electrons. The Hall–Kier alpha value is -2.24. The summed E-state index contributed by atoms with van der Waals surface area (Å²) in [6, 6.07) is 3.37. The number of carbonyl (C=O) groups excluding carboxylic acids is 1. The number of rotatable bonds is 2. The summed E-state index contributed by atoms with van der Waals surface area (Å²) < 4.78 is 41.6. The molecule has 1 unspecified atom stereocenters. The van der Waals surface area contributed by atoms with Gasteiger partial charge in [-0.05, 0) is 49.1 Å². The van der Waals surface area contributed by atoms with Crippen molar-refractivity contribution in [1.82, 2.24) is 4.57 Å². The van der Waals surface area contributed by atoms with Gasteiger partial charge in [0.05, 0.1) is 6.04 Å². The third-order valence-corrected chi connectivity index (χ3v) is 3.92. The number of fused-ring (bicyclic) bond motifs is 1. The Kier molecular flexibility index (Phi) is 3.04. The number of aromatic nitrogens is 1. The molecule has 3 nitrogen and oxygen atoms in total. The molecule has 1 aromatic carbocycles. The van der Waals surface area contributed by atoms with E-state index in [1.165, 1.54) is 0 Å². The first-order valence-electron chi connectivity index (χ1n) is 6.55. The topological polar surface area (TPSA) is 48.0 Å². The summed E-state index contributed by atoms with van der Waals surface area (Å²) in [5.41, 5.74) is 7.63. The molecule has 1 atom stereocenters. The second-order valence-electron chi connectivity index (χ2n) is 5.25. The van der Waals surface area contributed by atoms with E-state index in [0.717, 1.165) is 23.4 Å². The molecule has 110 valence electrons. The number of carbonyl (C=O) groups is 1. The molecule has 0 aliphatic carbocycles. The zero-order valence-electron chi connectivity index (χ0n) is 11.3. The Balaban J connectivity index is 2.15. The quantitative estimate of drug-likeness (QED) is 0.851. The number of primary amides is 1. The maximum Gasteiger partial charge on any atom is 0.265 e. The Morgan fingerprint density at radius 3 is 2.43 bits per heavy atom. The van der Waals surface area contributed by atoms with Crippen LogP contribution in [0, 0.1) is 24.4 Å². The Labute approximate surface area is 119 Å². The van der Waals surface area contributed by atoms with Gasteiger partial charge in [-0.15, -0.1) is 0 Å². The maximum absolute atomic E-state index is 13.4. The van der Waals surface area contributed by atoms with Crippen molar-refractivity contribution in [3.8, 4) is 0 Å². The van der Waals surface area contributed by atoms with E-state index in [9.17, 15) is 18.0 Å². The third kappa shape index (κ3) is 2.02. The number of benzene rings is 1. The molecule has 0 spiro atoms. The van der Waals surface area contributed by atoms with Gasteiger partial charge in [-0.25, -0.2) is 13.2 Å². The van der Waals surface area contributed by atoms with E-state index in [2.05, 4.69) is 0 Å². The van der Waals surface area contributed by atoms with E-state index in [0.29, 0.717) is 24.1 Å². The summed E-state index contributed by atoms with van der Waals surface area (Å²) in [6.07, 6.45) is 1.25. The van der Waals surface area contributed by atoms with Crippen molar-refractivity contribution < 1.29 is 18.0 Å². The van der Waals surface area contributed by atoms with Gasteiger partial charge in [0.2, 0.25) is 0 Å². The van der Waals surface area contributed by atoms with E-state index < -0.39 is 29.4 Å². The van der Waals surface area contributed by atoms with Gasteiger partial charge in [-0.1, -0.05) is 0 Å². The van der Waals surface area contributed by atoms with Crippen LogP contribution >= 0.6 is 0 Å². The van der Waals surface area contributed by atoms with Crippen LogP contribution < -0.4 is 5.73 Å². The SMILES string of the molecule is Cc1cc2n(c1C(N)=O)C(c1cc(F)c(F)c(F)c1)CC2. The van der Waals surface area contributed by atoms with Crippen molar-refractivity contribution >= 4 is 5.91 Å². The van der Waals surface area contributed by atoms with Crippen LogP contribution in [-0.2, 0) is 6.42 Å². The highest BCUT2D eigenvalue weighted by Crippen LogP contribution is 2.36. The van der Waals surface area contributed by atoms with Gasteiger partial charge >= 0.3 is 0 Å². The van der Waals surface area contributed by atoms with Crippen LogP contribution in [0.1, 0.15) is 39.8 Å². The number of nitrogens with two attached hydrogens (primary N) is 1. The smallest absolute Gasteiger partial charge is 0.265 e. The fourth-order valence-corrected chi connectivity index (χ4v) is 3.08. The van der Waals surface area contributed by atoms with Crippen molar-refractivity contribution in [2.24, 2.45) is 5.73 Å². The minimum absolute atomic E-state index is 0.295. The third-order valence-electron chi connectivity index (χ3n) is 3.92. The first-order valence-corrected chi connectivity index (χ1v) is 6.55. The van der Waals surface area contributed by atoms with Gasteiger partial charge in [0.1, 0.15) is 5.69 Å². The summed E-state index contributed by atoms with van der Waals surface area (Å²) >= 11 is 0. The molecule has 1 amide bonds. The first-order chi connectivity index (χ1) is 9.90. The lowest BCUT2D eigenvalue weighted by Crippen LogP contribution is -2.20. The van der Waals surface area contributed by atoms with Gasteiger partial charge in [0, 0.05) is 5.69 Å². The Morgan fingerprint density at radius 2 is 1.86 bits per heavy atom. The lowest BCUT2D eigenvalue weighted by atomic mass is 10.0. The number of nitrogens with zero attached hydrogens (tertiary/aromatic N) is 1. The predicted octanol–water partition coefficient (Wildman–Crippen LogP) is 2.85. The summed E-state index contributed by atoms with van der Waals surface area (Å²) in [5, 5.41) is 0. The summed E-state index contributed by atoms with van der Waals surface area (Å²) in [7, 11) is 0. The number of amides is 1. The first kappa shape index (κ1) is 13.7. The van der Waals surface area contributed by atoms with Crippen molar-refractivity contribution in [1.29, 1.82) is 0 Å². The molecule has 2 N–H and O–H groups in total. The molecule has 6 heteroatoms. The molecule has 1 aromatic heterocycles. The van der Waals surface area contributed by atoms with Crippen LogP contribution in [0.4, 0.5) is 13.2 Å².